The zero-order chi connectivity index (χ0) is 14.4. The number of unbranched alkanes of at least 4 members (excludes halogenated alkanes) is 1. The minimum atomic E-state index is 0.357. The molecule has 0 aliphatic heterocycles. The predicted molar refractivity (Wildman–Crippen MR) is 85.4 cm³/mol. The number of nitrogens with two attached hydrogens (primary N) is 2. The second kappa shape index (κ2) is 6.75. The van der Waals surface area contributed by atoms with Gasteiger partial charge in [-0.1, -0.05) is 61.9 Å². The van der Waals surface area contributed by atoms with Crippen LogP contribution in [0.5, 0.6) is 0 Å². The normalized spacial score (nSPS) is 11.6. The lowest BCUT2D eigenvalue weighted by atomic mass is 9.97. The van der Waals surface area contributed by atoms with Gasteiger partial charge in [0.15, 0.2) is 5.84 Å². The molecule has 0 atom stereocenters. The molecule has 0 heterocycles. The lowest BCUT2D eigenvalue weighted by molar-refractivity contribution is 0.795. The number of rotatable bonds is 5. The summed E-state index contributed by atoms with van der Waals surface area (Å²) in [4.78, 5) is 0. The number of aryl methyl sites for hydroxylation is 1. The lowest BCUT2D eigenvalue weighted by Gasteiger charge is -2.09. The van der Waals surface area contributed by atoms with Gasteiger partial charge >= 0.3 is 0 Å². The van der Waals surface area contributed by atoms with E-state index in [0.29, 0.717) is 5.84 Å². The minimum absolute atomic E-state index is 0.357. The minimum Gasteiger partial charge on any atom is -0.382 e. The molecule has 0 bridgehead atoms. The lowest BCUT2D eigenvalue weighted by Crippen LogP contribution is -2.16. The standard InChI is InChI=1S/C17H21N3/c1-2-3-6-13-9-11-14(12-10-13)15-7-4-5-8-16(15)17(18)20-19/h4-5,7-12H,2-3,6,19H2,1H3,(H2,18,20). The van der Waals surface area contributed by atoms with Crippen molar-refractivity contribution in [1.29, 1.82) is 0 Å². The van der Waals surface area contributed by atoms with Crippen molar-refractivity contribution in [1.82, 2.24) is 0 Å². The van der Waals surface area contributed by atoms with Crippen molar-refractivity contribution in [2.24, 2.45) is 16.7 Å². The highest BCUT2D eigenvalue weighted by Crippen LogP contribution is 2.24. The number of hydrazone groups is 1. The summed E-state index contributed by atoms with van der Waals surface area (Å²) in [7, 11) is 0. The number of hydrogen-bond acceptors (Lipinski definition) is 2. The maximum atomic E-state index is 5.85. The van der Waals surface area contributed by atoms with Crippen LogP contribution in [0.3, 0.4) is 0 Å². The van der Waals surface area contributed by atoms with E-state index in [4.69, 9.17) is 11.6 Å². The van der Waals surface area contributed by atoms with Gasteiger partial charge in [-0.05, 0) is 29.5 Å². The summed E-state index contributed by atoms with van der Waals surface area (Å²) in [5.74, 6) is 5.65. The molecule has 0 spiro atoms. The Labute approximate surface area is 120 Å². The molecule has 0 saturated heterocycles. The zero-order valence-corrected chi connectivity index (χ0v) is 11.8. The molecule has 0 fully saturated rings. The highest BCUT2D eigenvalue weighted by molar-refractivity contribution is 6.03. The van der Waals surface area contributed by atoms with E-state index in [-0.39, 0.29) is 0 Å². The molecular weight excluding hydrogens is 246 g/mol. The van der Waals surface area contributed by atoms with Crippen LogP contribution in [0.25, 0.3) is 11.1 Å². The molecule has 4 N–H and O–H groups in total. The van der Waals surface area contributed by atoms with E-state index in [1.54, 1.807) is 0 Å². The molecule has 0 radical (unpaired) electrons. The fraction of sp³-hybridized carbons (Fsp3) is 0.235. The molecule has 0 aromatic heterocycles. The summed E-state index contributed by atoms with van der Waals surface area (Å²) in [6, 6.07) is 16.5. The van der Waals surface area contributed by atoms with Gasteiger partial charge in [0.25, 0.3) is 0 Å². The Morgan fingerprint density at radius 2 is 1.75 bits per heavy atom. The van der Waals surface area contributed by atoms with Crippen LogP contribution in [-0.4, -0.2) is 5.84 Å². The van der Waals surface area contributed by atoms with E-state index < -0.39 is 0 Å². The van der Waals surface area contributed by atoms with E-state index in [1.807, 2.05) is 24.3 Å². The van der Waals surface area contributed by atoms with Crippen LogP contribution in [0.2, 0.25) is 0 Å². The third kappa shape index (κ3) is 3.18. The topological polar surface area (TPSA) is 64.4 Å². The Morgan fingerprint density at radius 1 is 1.05 bits per heavy atom. The predicted octanol–water partition coefficient (Wildman–Crippen LogP) is 3.28. The first kappa shape index (κ1) is 14.1. The number of benzene rings is 2. The van der Waals surface area contributed by atoms with Gasteiger partial charge in [-0.2, -0.15) is 5.10 Å². The van der Waals surface area contributed by atoms with E-state index in [0.717, 1.165) is 23.1 Å². The number of nitrogens with zero attached hydrogens (tertiary/aromatic N) is 1. The third-order valence-electron chi connectivity index (χ3n) is 3.43. The zero-order valence-electron chi connectivity index (χ0n) is 11.8. The van der Waals surface area contributed by atoms with Crippen molar-refractivity contribution in [3.8, 4) is 11.1 Å². The molecule has 104 valence electrons. The highest BCUT2D eigenvalue weighted by atomic mass is 15.2. The molecule has 20 heavy (non-hydrogen) atoms. The van der Waals surface area contributed by atoms with Crippen molar-refractivity contribution >= 4 is 5.84 Å². The summed E-state index contributed by atoms with van der Waals surface area (Å²) >= 11 is 0. The van der Waals surface area contributed by atoms with Crippen LogP contribution < -0.4 is 11.6 Å². The quantitative estimate of drug-likeness (QED) is 0.378. The molecule has 0 saturated carbocycles. The monoisotopic (exact) mass is 267 g/mol. The summed E-state index contributed by atoms with van der Waals surface area (Å²) < 4.78 is 0. The maximum Gasteiger partial charge on any atom is 0.150 e. The van der Waals surface area contributed by atoms with Crippen LogP contribution >= 0.6 is 0 Å². The number of hydrogen-bond donors (Lipinski definition) is 2. The van der Waals surface area contributed by atoms with Crippen molar-refractivity contribution < 1.29 is 0 Å². The van der Waals surface area contributed by atoms with Gasteiger partial charge in [-0.25, -0.2) is 0 Å². The Balaban J connectivity index is 2.32. The molecule has 2 aromatic rings. The fourth-order valence-corrected chi connectivity index (χ4v) is 2.26. The van der Waals surface area contributed by atoms with Crippen molar-refractivity contribution in [2.75, 3.05) is 0 Å². The molecule has 0 aliphatic carbocycles. The van der Waals surface area contributed by atoms with Gasteiger partial charge in [0, 0.05) is 5.56 Å². The molecule has 0 unspecified atom stereocenters. The summed E-state index contributed by atoms with van der Waals surface area (Å²) in [5.41, 5.74) is 10.3. The average Bonchev–Trinajstić information content (AvgIpc) is 2.52. The van der Waals surface area contributed by atoms with E-state index in [2.05, 4.69) is 36.3 Å². The van der Waals surface area contributed by atoms with Gasteiger partial charge in [-0.3, -0.25) is 0 Å². The summed E-state index contributed by atoms with van der Waals surface area (Å²) in [6.07, 6.45) is 3.57. The van der Waals surface area contributed by atoms with Crippen LogP contribution in [0, 0.1) is 0 Å². The van der Waals surface area contributed by atoms with E-state index in [1.165, 1.54) is 18.4 Å². The first-order valence-electron chi connectivity index (χ1n) is 6.98. The summed E-state index contributed by atoms with van der Waals surface area (Å²) in [5, 5.41) is 3.60. The maximum absolute atomic E-state index is 5.85. The van der Waals surface area contributed by atoms with Gasteiger partial charge < -0.3 is 11.6 Å². The van der Waals surface area contributed by atoms with E-state index >= 15 is 0 Å². The first-order chi connectivity index (χ1) is 9.76. The first-order valence-corrected chi connectivity index (χ1v) is 6.98. The van der Waals surface area contributed by atoms with Crippen LogP contribution in [0.4, 0.5) is 0 Å². The van der Waals surface area contributed by atoms with Gasteiger partial charge in [0.2, 0.25) is 0 Å². The van der Waals surface area contributed by atoms with Crippen LogP contribution in [-0.2, 0) is 6.42 Å². The molecular formula is C17H21N3. The van der Waals surface area contributed by atoms with Crippen molar-refractivity contribution in [2.45, 2.75) is 26.2 Å². The molecule has 3 nitrogen and oxygen atoms in total. The average molecular weight is 267 g/mol. The largest absolute Gasteiger partial charge is 0.382 e. The Morgan fingerprint density at radius 3 is 2.40 bits per heavy atom. The van der Waals surface area contributed by atoms with Crippen LogP contribution in [0.15, 0.2) is 53.6 Å². The number of amidine groups is 1. The molecule has 2 aromatic carbocycles. The van der Waals surface area contributed by atoms with Crippen molar-refractivity contribution in [3.63, 3.8) is 0 Å². The SMILES string of the molecule is CCCCc1ccc(-c2ccccc2C(N)=NN)cc1. The second-order valence-electron chi connectivity index (χ2n) is 4.86. The van der Waals surface area contributed by atoms with Gasteiger partial charge in [0.05, 0.1) is 0 Å². The highest BCUT2D eigenvalue weighted by Gasteiger charge is 2.07. The Kier molecular flexibility index (Phi) is 4.77. The second-order valence-corrected chi connectivity index (χ2v) is 4.86. The summed E-state index contributed by atoms with van der Waals surface area (Å²) in [6.45, 7) is 2.21. The molecule has 3 heteroatoms. The van der Waals surface area contributed by atoms with Crippen LogP contribution in [0.1, 0.15) is 30.9 Å². The fourth-order valence-electron chi connectivity index (χ4n) is 2.26. The Bertz CT molecular complexity index is 585. The van der Waals surface area contributed by atoms with Gasteiger partial charge in [0.1, 0.15) is 0 Å². The van der Waals surface area contributed by atoms with E-state index in [9.17, 15) is 0 Å². The molecule has 0 amide bonds. The van der Waals surface area contributed by atoms with Crippen molar-refractivity contribution in [3.05, 3.63) is 59.7 Å². The molecule has 0 aliphatic rings. The molecule has 2 rings (SSSR count). The third-order valence-corrected chi connectivity index (χ3v) is 3.43. The smallest absolute Gasteiger partial charge is 0.150 e. The Hall–Kier alpha value is -2.29. The van der Waals surface area contributed by atoms with Gasteiger partial charge in [-0.15, -0.1) is 0 Å².